The Morgan fingerprint density at radius 2 is 2.07 bits per heavy atom. The average molecular weight is 196 g/mol. The Bertz CT molecular complexity index is 316. The lowest BCUT2D eigenvalue weighted by Gasteiger charge is -2.04. The van der Waals surface area contributed by atoms with Gasteiger partial charge in [-0.3, -0.25) is 4.79 Å². The molecule has 0 aromatic carbocycles. The van der Waals surface area contributed by atoms with Crippen molar-refractivity contribution in [3.63, 3.8) is 0 Å². The zero-order valence-corrected chi connectivity index (χ0v) is 7.82. The highest BCUT2D eigenvalue weighted by Crippen LogP contribution is 2.07. The van der Waals surface area contributed by atoms with Crippen LogP contribution in [0.15, 0.2) is 12.4 Å². The van der Waals surface area contributed by atoms with Gasteiger partial charge in [-0.1, -0.05) is 0 Å². The van der Waals surface area contributed by atoms with Gasteiger partial charge in [0, 0.05) is 12.6 Å². The first-order valence-electron chi connectivity index (χ1n) is 4.24. The number of rotatable bonds is 5. The van der Waals surface area contributed by atoms with Gasteiger partial charge >= 0.3 is 5.97 Å². The Morgan fingerprint density at radius 3 is 2.64 bits per heavy atom. The van der Waals surface area contributed by atoms with Gasteiger partial charge in [-0.15, -0.1) is 0 Å². The molecule has 0 unspecified atom stereocenters. The molecule has 0 spiro atoms. The van der Waals surface area contributed by atoms with E-state index in [4.69, 9.17) is 5.11 Å². The summed E-state index contributed by atoms with van der Waals surface area (Å²) in [6.45, 7) is 2.56. The lowest BCUT2D eigenvalue weighted by atomic mass is 10.5. The van der Waals surface area contributed by atoms with Crippen LogP contribution in [0.25, 0.3) is 0 Å². The molecule has 0 saturated carbocycles. The molecule has 76 valence electrons. The summed E-state index contributed by atoms with van der Waals surface area (Å²) < 4.78 is 0. The molecule has 0 amide bonds. The fourth-order valence-corrected chi connectivity index (χ4v) is 0.898. The molecule has 1 heterocycles. The van der Waals surface area contributed by atoms with Crippen LogP contribution in [0.1, 0.15) is 6.92 Å². The lowest BCUT2D eigenvalue weighted by molar-refractivity contribution is -0.134. The molecule has 6 nitrogen and oxygen atoms in total. The van der Waals surface area contributed by atoms with Crippen molar-refractivity contribution in [2.24, 2.45) is 0 Å². The number of nitrogens with one attached hydrogen (secondary N) is 2. The van der Waals surface area contributed by atoms with Crippen molar-refractivity contribution in [1.29, 1.82) is 0 Å². The number of anilines is 2. The van der Waals surface area contributed by atoms with Crippen LogP contribution in [0, 0.1) is 0 Å². The molecule has 0 aliphatic carbocycles. The van der Waals surface area contributed by atoms with Crippen molar-refractivity contribution in [3.05, 3.63) is 12.4 Å². The number of carboxylic acid groups (broad SMARTS) is 1. The van der Waals surface area contributed by atoms with Gasteiger partial charge in [0.05, 0.1) is 0 Å². The van der Waals surface area contributed by atoms with Crippen molar-refractivity contribution in [3.8, 4) is 0 Å². The number of hydrogen-bond acceptors (Lipinski definition) is 5. The molecule has 0 saturated heterocycles. The maximum absolute atomic E-state index is 10.3. The van der Waals surface area contributed by atoms with Crippen molar-refractivity contribution < 1.29 is 9.90 Å². The van der Waals surface area contributed by atoms with E-state index in [0.717, 1.165) is 6.54 Å². The molecule has 0 radical (unpaired) electrons. The lowest BCUT2D eigenvalue weighted by Crippen LogP contribution is -2.13. The number of aliphatic carboxylic acids is 1. The monoisotopic (exact) mass is 196 g/mol. The summed E-state index contributed by atoms with van der Waals surface area (Å²) in [4.78, 5) is 18.1. The molecule has 0 bridgehead atoms. The molecule has 1 aromatic heterocycles. The van der Waals surface area contributed by atoms with E-state index in [1.165, 1.54) is 6.33 Å². The molecule has 1 rings (SSSR count). The largest absolute Gasteiger partial charge is 0.480 e. The molecule has 0 atom stereocenters. The molecule has 1 aromatic rings. The third kappa shape index (κ3) is 3.26. The first-order valence-corrected chi connectivity index (χ1v) is 4.24. The first-order chi connectivity index (χ1) is 6.72. The summed E-state index contributed by atoms with van der Waals surface area (Å²) in [5.41, 5.74) is 0. The van der Waals surface area contributed by atoms with Crippen LogP contribution in [0.4, 0.5) is 11.6 Å². The fourth-order valence-electron chi connectivity index (χ4n) is 0.898. The van der Waals surface area contributed by atoms with Crippen molar-refractivity contribution in [1.82, 2.24) is 9.97 Å². The zero-order chi connectivity index (χ0) is 10.4. The van der Waals surface area contributed by atoms with E-state index in [9.17, 15) is 4.79 Å². The highest BCUT2D eigenvalue weighted by atomic mass is 16.4. The average Bonchev–Trinajstić information content (AvgIpc) is 2.16. The van der Waals surface area contributed by atoms with Crippen LogP contribution in [-0.4, -0.2) is 34.1 Å². The van der Waals surface area contributed by atoms with Crippen LogP contribution < -0.4 is 10.6 Å². The molecule has 0 aliphatic rings. The number of aromatic nitrogens is 2. The van der Waals surface area contributed by atoms with Crippen molar-refractivity contribution in [2.45, 2.75) is 6.92 Å². The predicted molar refractivity (Wildman–Crippen MR) is 52.3 cm³/mol. The van der Waals surface area contributed by atoms with Crippen LogP contribution >= 0.6 is 0 Å². The van der Waals surface area contributed by atoms with Gasteiger partial charge in [-0.2, -0.15) is 0 Å². The molecule has 0 aliphatic heterocycles. The second-order valence-electron chi connectivity index (χ2n) is 2.57. The molecule has 14 heavy (non-hydrogen) atoms. The van der Waals surface area contributed by atoms with Gasteiger partial charge in [0.25, 0.3) is 0 Å². The zero-order valence-electron chi connectivity index (χ0n) is 7.82. The molecule has 6 heteroatoms. The van der Waals surface area contributed by atoms with Crippen LogP contribution in [0.5, 0.6) is 0 Å². The minimum atomic E-state index is -0.923. The Balaban J connectivity index is 2.58. The Morgan fingerprint density at radius 1 is 1.43 bits per heavy atom. The van der Waals surface area contributed by atoms with E-state index < -0.39 is 5.97 Å². The summed E-state index contributed by atoms with van der Waals surface area (Å²) in [5.74, 6) is 0.252. The number of carboxylic acids is 1. The number of hydrogen-bond donors (Lipinski definition) is 3. The van der Waals surface area contributed by atoms with Crippen molar-refractivity contribution in [2.75, 3.05) is 23.7 Å². The highest BCUT2D eigenvalue weighted by Gasteiger charge is 1.99. The van der Waals surface area contributed by atoms with Gasteiger partial charge in [0.15, 0.2) is 0 Å². The Labute approximate surface area is 81.4 Å². The van der Waals surface area contributed by atoms with Crippen LogP contribution in [-0.2, 0) is 4.79 Å². The summed E-state index contributed by atoms with van der Waals surface area (Å²) in [6.07, 6.45) is 1.38. The molecular formula is C8H12N4O2. The van der Waals surface area contributed by atoms with E-state index in [0.29, 0.717) is 11.6 Å². The van der Waals surface area contributed by atoms with Gasteiger partial charge in [0.2, 0.25) is 0 Å². The molecule has 0 fully saturated rings. The summed E-state index contributed by atoms with van der Waals surface area (Å²) >= 11 is 0. The Kier molecular flexibility index (Phi) is 3.66. The van der Waals surface area contributed by atoms with E-state index in [1.807, 2.05) is 6.92 Å². The quantitative estimate of drug-likeness (QED) is 0.632. The van der Waals surface area contributed by atoms with Crippen LogP contribution in [0.2, 0.25) is 0 Å². The maximum Gasteiger partial charge on any atom is 0.322 e. The normalized spacial score (nSPS) is 9.50. The maximum atomic E-state index is 10.3. The van der Waals surface area contributed by atoms with E-state index in [1.54, 1.807) is 6.07 Å². The van der Waals surface area contributed by atoms with E-state index in [-0.39, 0.29) is 6.54 Å². The van der Waals surface area contributed by atoms with Crippen molar-refractivity contribution >= 4 is 17.6 Å². The second-order valence-corrected chi connectivity index (χ2v) is 2.57. The highest BCUT2D eigenvalue weighted by molar-refractivity contribution is 5.72. The predicted octanol–water partition coefficient (Wildman–Crippen LogP) is 0.405. The number of nitrogens with zero attached hydrogens (tertiary/aromatic N) is 2. The smallest absolute Gasteiger partial charge is 0.322 e. The Hall–Kier alpha value is -1.85. The first kappa shape index (κ1) is 10.2. The SMILES string of the molecule is CCNc1cc(NCC(=O)O)ncn1. The van der Waals surface area contributed by atoms with E-state index in [2.05, 4.69) is 20.6 Å². The van der Waals surface area contributed by atoms with Gasteiger partial charge < -0.3 is 15.7 Å². The minimum Gasteiger partial charge on any atom is -0.480 e. The summed E-state index contributed by atoms with van der Waals surface area (Å²) in [6, 6.07) is 1.66. The van der Waals surface area contributed by atoms with Gasteiger partial charge in [-0.05, 0) is 6.92 Å². The summed E-state index contributed by atoms with van der Waals surface area (Å²) in [7, 11) is 0. The minimum absolute atomic E-state index is 0.150. The number of carbonyl (C=O) groups is 1. The third-order valence-electron chi connectivity index (χ3n) is 1.45. The topological polar surface area (TPSA) is 87.1 Å². The van der Waals surface area contributed by atoms with Crippen LogP contribution in [0.3, 0.4) is 0 Å². The molecule has 3 N–H and O–H groups in total. The summed E-state index contributed by atoms with van der Waals surface area (Å²) in [5, 5.41) is 14.1. The fraction of sp³-hybridized carbons (Fsp3) is 0.375. The van der Waals surface area contributed by atoms with E-state index >= 15 is 0 Å². The molecular weight excluding hydrogens is 184 g/mol. The van der Waals surface area contributed by atoms with Gasteiger partial charge in [0.1, 0.15) is 24.5 Å². The second kappa shape index (κ2) is 5.00. The standard InChI is InChI=1S/C8H12N4O2/c1-2-9-6-3-7(12-5-11-6)10-4-8(13)14/h3,5H,2,4H2,1H3,(H,13,14)(H2,9,10,11,12). The van der Waals surface area contributed by atoms with Gasteiger partial charge in [-0.25, -0.2) is 9.97 Å². The third-order valence-corrected chi connectivity index (χ3v) is 1.45.